The maximum absolute atomic E-state index is 5.97. The Morgan fingerprint density at radius 2 is 1.90 bits per heavy atom. The van der Waals surface area contributed by atoms with E-state index < -0.39 is 0 Å². The van der Waals surface area contributed by atoms with Crippen molar-refractivity contribution >= 4 is 21.6 Å². The third kappa shape index (κ3) is 2.02. The number of rotatable bonds is 4. The SMILES string of the molecule is Nc1cccc(-c2nnnn2C(C2CC2)C2CC2)c1Br. The van der Waals surface area contributed by atoms with Crippen LogP contribution in [0.1, 0.15) is 31.7 Å². The highest BCUT2D eigenvalue weighted by Crippen LogP contribution is 2.52. The van der Waals surface area contributed by atoms with Gasteiger partial charge in [0, 0.05) is 11.3 Å². The highest BCUT2D eigenvalue weighted by Gasteiger charge is 2.44. The third-order valence-corrected chi connectivity index (χ3v) is 5.14. The van der Waals surface area contributed by atoms with Crippen LogP contribution < -0.4 is 5.73 Å². The first-order chi connectivity index (χ1) is 9.75. The van der Waals surface area contributed by atoms with Crippen molar-refractivity contribution in [3.63, 3.8) is 0 Å². The van der Waals surface area contributed by atoms with Gasteiger partial charge in [0.1, 0.15) is 0 Å². The highest BCUT2D eigenvalue weighted by molar-refractivity contribution is 9.10. The summed E-state index contributed by atoms with van der Waals surface area (Å²) in [5.74, 6) is 2.34. The maximum Gasteiger partial charge on any atom is 0.183 e. The normalized spacial score (nSPS) is 18.7. The lowest BCUT2D eigenvalue weighted by Gasteiger charge is -2.17. The average Bonchev–Trinajstić information content (AvgIpc) is 3.35. The molecule has 0 atom stereocenters. The second kappa shape index (κ2) is 4.55. The molecule has 4 rings (SSSR count). The van der Waals surface area contributed by atoms with Crippen molar-refractivity contribution in [1.82, 2.24) is 20.2 Å². The van der Waals surface area contributed by atoms with Crippen molar-refractivity contribution < 1.29 is 0 Å². The minimum absolute atomic E-state index is 0.466. The molecule has 0 spiro atoms. The van der Waals surface area contributed by atoms with Gasteiger partial charge in [0.15, 0.2) is 5.82 Å². The van der Waals surface area contributed by atoms with E-state index in [2.05, 4.69) is 31.5 Å². The molecule has 5 nitrogen and oxygen atoms in total. The molecule has 6 heteroatoms. The minimum Gasteiger partial charge on any atom is -0.398 e. The van der Waals surface area contributed by atoms with Crippen molar-refractivity contribution in [2.24, 2.45) is 11.8 Å². The van der Waals surface area contributed by atoms with Crippen molar-refractivity contribution in [2.75, 3.05) is 5.73 Å². The van der Waals surface area contributed by atoms with Gasteiger partial charge in [-0.15, -0.1) is 5.10 Å². The predicted octanol–water partition coefficient (Wildman–Crippen LogP) is 3.05. The van der Waals surface area contributed by atoms with E-state index in [0.29, 0.717) is 11.7 Å². The molecule has 104 valence electrons. The smallest absolute Gasteiger partial charge is 0.183 e. The quantitative estimate of drug-likeness (QED) is 0.873. The Kier molecular flexibility index (Phi) is 2.80. The van der Waals surface area contributed by atoms with E-state index in [4.69, 9.17) is 5.73 Å². The molecule has 2 N–H and O–H groups in total. The Balaban J connectivity index is 1.79. The molecule has 2 fully saturated rings. The third-order valence-electron chi connectivity index (χ3n) is 4.25. The first-order valence-corrected chi connectivity index (χ1v) is 7.87. The molecular weight excluding hydrogens is 318 g/mol. The molecule has 0 saturated heterocycles. The molecule has 2 saturated carbocycles. The minimum atomic E-state index is 0.466. The van der Waals surface area contributed by atoms with E-state index in [1.54, 1.807) is 0 Å². The molecule has 0 amide bonds. The Morgan fingerprint density at radius 1 is 1.20 bits per heavy atom. The van der Waals surface area contributed by atoms with Gasteiger partial charge in [0.2, 0.25) is 0 Å². The molecule has 0 radical (unpaired) electrons. The molecule has 0 bridgehead atoms. The number of nitrogen functional groups attached to an aromatic ring is 1. The Hall–Kier alpha value is -1.43. The van der Waals surface area contributed by atoms with E-state index in [1.807, 2.05) is 22.9 Å². The number of benzene rings is 1. The molecule has 20 heavy (non-hydrogen) atoms. The van der Waals surface area contributed by atoms with Crippen LogP contribution in [0.2, 0.25) is 0 Å². The first-order valence-electron chi connectivity index (χ1n) is 7.08. The fraction of sp³-hybridized carbons (Fsp3) is 0.500. The Morgan fingerprint density at radius 3 is 2.55 bits per heavy atom. The number of anilines is 1. The summed E-state index contributed by atoms with van der Waals surface area (Å²) < 4.78 is 2.91. The van der Waals surface area contributed by atoms with Crippen LogP contribution in [0, 0.1) is 11.8 Å². The van der Waals surface area contributed by atoms with Gasteiger partial charge in [-0.05, 0) is 76.0 Å². The molecule has 2 aliphatic carbocycles. The number of nitrogens with two attached hydrogens (primary N) is 1. The number of nitrogens with zero attached hydrogens (tertiary/aromatic N) is 4. The molecular formula is C14H16BrN5. The van der Waals surface area contributed by atoms with Crippen LogP contribution in [-0.4, -0.2) is 20.2 Å². The maximum atomic E-state index is 5.97. The van der Waals surface area contributed by atoms with Crippen molar-refractivity contribution in [3.8, 4) is 11.4 Å². The number of hydrogen-bond donors (Lipinski definition) is 1. The van der Waals surface area contributed by atoms with Crippen molar-refractivity contribution in [1.29, 1.82) is 0 Å². The summed E-state index contributed by atoms with van der Waals surface area (Å²) in [6, 6.07) is 6.30. The zero-order valence-corrected chi connectivity index (χ0v) is 12.6. The van der Waals surface area contributed by atoms with Gasteiger partial charge in [-0.25, -0.2) is 4.68 Å². The lowest BCUT2D eigenvalue weighted by atomic mass is 10.1. The monoisotopic (exact) mass is 333 g/mol. The standard InChI is InChI=1S/C14H16BrN5/c15-12-10(2-1-3-11(12)16)14-17-18-19-20(14)13(8-4-5-8)9-6-7-9/h1-3,8-9,13H,4-7,16H2. The van der Waals surface area contributed by atoms with Crippen LogP contribution >= 0.6 is 15.9 Å². The van der Waals surface area contributed by atoms with Gasteiger partial charge in [-0.1, -0.05) is 6.07 Å². The van der Waals surface area contributed by atoms with Crippen molar-refractivity contribution in [3.05, 3.63) is 22.7 Å². The van der Waals surface area contributed by atoms with Crippen LogP contribution in [0.15, 0.2) is 22.7 Å². The van der Waals surface area contributed by atoms with Crippen molar-refractivity contribution in [2.45, 2.75) is 31.7 Å². The topological polar surface area (TPSA) is 69.6 Å². The van der Waals surface area contributed by atoms with Gasteiger partial charge < -0.3 is 5.73 Å². The summed E-state index contributed by atoms with van der Waals surface area (Å²) in [5.41, 5.74) is 7.66. The summed E-state index contributed by atoms with van der Waals surface area (Å²) in [7, 11) is 0. The zero-order valence-electron chi connectivity index (χ0n) is 11.0. The van der Waals surface area contributed by atoms with Crippen LogP contribution in [0.5, 0.6) is 0 Å². The summed E-state index contributed by atoms with van der Waals surface area (Å²) in [6.07, 6.45) is 5.22. The molecule has 2 aliphatic rings. The predicted molar refractivity (Wildman–Crippen MR) is 79.9 cm³/mol. The van der Waals surface area contributed by atoms with E-state index >= 15 is 0 Å². The first kappa shape index (κ1) is 12.3. The van der Waals surface area contributed by atoms with Gasteiger partial charge in [0.05, 0.1) is 10.5 Å². The highest BCUT2D eigenvalue weighted by atomic mass is 79.9. The fourth-order valence-corrected chi connectivity index (χ4v) is 3.40. The fourth-order valence-electron chi connectivity index (χ4n) is 2.95. The lowest BCUT2D eigenvalue weighted by Crippen LogP contribution is -2.16. The Labute approximate surface area is 125 Å². The van der Waals surface area contributed by atoms with Crippen LogP contribution in [0.3, 0.4) is 0 Å². The molecule has 2 aromatic rings. The molecule has 0 unspecified atom stereocenters. The summed E-state index contributed by atoms with van der Waals surface area (Å²) in [6.45, 7) is 0. The van der Waals surface area contributed by atoms with Crippen LogP contribution in [0.4, 0.5) is 5.69 Å². The number of halogens is 1. The number of aromatic nitrogens is 4. The summed E-state index contributed by atoms with van der Waals surface area (Å²) in [5, 5.41) is 12.4. The second-order valence-corrected chi connectivity index (χ2v) is 6.61. The zero-order chi connectivity index (χ0) is 13.7. The van der Waals surface area contributed by atoms with Gasteiger partial charge in [-0.3, -0.25) is 0 Å². The Bertz CT molecular complexity index is 633. The van der Waals surface area contributed by atoms with Gasteiger partial charge in [0.25, 0.3) is 0 Å². The van der Waals surface area contributed by atoms with E-state index in [9.17, 15) is 0 Å². The molecule has 1 aromatic heterocycles. The molecule has 1 heterocycles. The van der Waals surface area contributed by atoms with Gasteiger partial charge in [-0.2, -0.15) is 0 Å². The van der Waals surface area contributed by atoms with Gasteiger partial charge >= 0.3 is 0 Å². The van der Waals surface area contributed by atoms with E-state index in [1.165, 1.54) is 25.7 Å². The molecule has 1 aromatic carbocycles. The van der Waals surface area contributed by atoms with Crippen LogP contribution in [0.25, 0.3) is 11.4 Å². The second-order valence-electron chi connectivity index (χ2n) is 5.82. The number of hydrogen-bond acceptors (Lipinski definition) is 4. The van der Waals surface area contributed by atoms with Crippen LogP contribution in [-0.2, 0) is 0 Å². The van der Waals surface area contributed by atoms with E-state index in [0.717, 1.165) is 27.7 Å². The summed E-state index contributed by atoms with van der Waals surface area (Å²) in [4.78, 5) is 0. The number of tetrazole rings is 1. The average molecular weight is 334 g/mol. The van der Waals surface area contributed by atoms with E-state index in [-0.39, 0.29) is 0 Å². The lowest BCUT2D eigenvalue weighted by molar-refractivity contribution is 0.357. The largest absolute Gasteiger partial charge is 0.398 e. The molecule has 0 aliphatic heterocycles. The summed E-state index contributed by atoms with van der Waals surface area (Å²) >= 11 is 3.56.